The number of benzene rings is 1. The van der Waals surface area contributed by atoms with Crippen LogP contribution in [0, 0.1) is 0 Å². The zero-order valence-corrected chi connectivity index (χ0v) is 10.9. The van der Waals surface area contributed by atoms with Gasteiger partial charge in [0.2, 0.25) is 0 Å². The smallest absolute Gasteiger partial charge is 0.159 e. The summed E-state index contributed by atoms with van der Waals surface area (Å²) in [4.78, 5) is 2.23. The molecule has 0 atom stereocenters. The van der Waals surface area contributed by atoms with Crippen LogP contribution in [0.2, 0.25) is 5.15 Å². The molecule has 1 aromatic carbocycles. The van der Waals surface area contributed by atoms with Crippen molar-refractivity contribution >= 4 is 28.2 Å². The Bertz CT molecular complexity index is 513. The number of nitrogens with zero attached hydrogens (tertiary/aromatic N) is 3. The molecule has 0 aliphatic rings. The van der Waals surface area contributed by atoms with Crippen LogP contribution in [0.25, 0.3) is 10.8 Å². The fourth-order valence-corrected chi connectivity index (χ4v) is 2.18. The highest BCUT2D eigenvalue weighted by Gasteiger charge is 2.12. The normalized spacial score (nSPS) is 10.8. The van der Waals surface area contributed by atoms with Crippen molar-refractivity contribution in [3.63, 3.8) is 0 Å². The van der Waals surface area contributed by atoms with Crippen LogP contribution < -0.4 is 4.90 Å². The summed E-state index contributed by atoms with van der Waals surface area (Å²) >= 11 is 6.06. The average molecular weight is 250 g/mol. The van der Waals surface area contributed by atoms with Crippen LogP contribution in [0.4, 0.5) is 5.82 Å². The van der Waals surface area contributed by atoms with Gasteiger partial charge in [0.05, 0.1) is 0 Å². The standard InChI is InChI=1S/C13H16ClN3/c1-3-9-17(4-2)13-11-8-6-5-7-10(11)12(14)15-16-13/h5-8H,3-4,9H2,1-2H3. The van der Waals surface area contributed by atoms with Crippen molar-refractivity contribution in [3.05, 3.63) is 29.4 Å². The van der Waals surface area contributed by atoms with E-state index in [1.165, 1.54) is 0 Å². The number of rotatable bonds is 4. The predicted molar refractivity (Wildman–Crippen MR) is 72.7 cm³/mol. The molecule has 0 radical (unpaired) electrons. The van der Waals surface area contributed by atoms with Gasteiger partial charge in [-0.3, -0.25) is 0 Å². The van der Waals surface area contributed by atoms with Crippen LogP contribution in [-0.2, 0) is 0 Å². The van der Waals surface area contributed by atoms with E-state index in [2.05, 4.69) is 28.9 Å². The van der Waals surface area contributed by atoms with Crippen molar-refractivity contribution in [1.29, 1.82) is 0 Å². The summed E-state index contributed by atoms with van der Waals surface area (Å²) in [5, 5.41) is 10.8. The highest BCUT2D eigenvalue weighted by Crippen LogP contribution is 2.27. The number of fused-ring (bicyclic) bond motifs is 1. The summed E-state index contributed by atoms with van der Waals surface area (Å²) < 4.78 is 0. The second kappa shape index (κ2) is 5.32. The van der Waals surface area contributed by atoms with E-state index in [0.717, 1.165) is 36.1 Å². The Kier molecular flexibility index (Phi) is 3.79. The largest absolute Gasteiger partial charge is 0.355 e. The molecule has 90 valence electrons. The molecule has 2 aromatic rings. The van der Waals surface area contributed by atoms with E-state index >= 15 is 0 Å². The fourth-order valence-electron chi connectivity index (χ4n) is 1.97. The van der Waals surface area contributed by atoms with Gasteiger partial charge in [0.15, 0.2) is 11.0 Å². The quantitative estimate of drug-likeness (QED) is 0.830. The SMILES string of the molecule is CCCN(CC)c1nnc(Cl)c2ccccc12. The first-order valence-electron chi connectivity index (χ1n) is 5.93. The number of anilines is 1. The van der Waals surface area contributed by atoms with Crippen LogP contribution in [-0.4, -0.2) is 23.3 Å². The number of hydrogen-bond acceptors (Lipinski definition) is 3. The van der Waals surface area contributed by atoms with Crippen molar-refractivity contribution in [3.8, 4) is 0 Å². The van der Waals surface area contributed by atoms with Crippen LogP contribution in [0.3, 0.4) is 0 Å². The molecule has 3 nitrogen and oxygen atoms in total. The van der Waals surface area contributed by atoms with Crippen LogP contribution in [0.1, 0.15) is 20.3 Å². The van der Waals surface area contributed by atoms with E-state index in [9.17, 15) is 0 Å². The van der Waals surface area contributed by atoms with Gasteiger partial charge in [-0.1, -0.05) is 42.8 Å². The summed E-state index contributed by atoms with van der Waals surface area (Å²) in [7, 11) is 0. The molecular formula is C13H16ClN3. The lowest BCUT2D eigenvalue weighted by atomic mass is 10.2. The third kappa shape index (κ3) is 2.34. The molecule has 0 spiro atoms. The van der Waals surface area contributed by atoms with Gasteiger partial charge in [0.1, 0.15) is 0 Å². The van der Waals surface area contributed by atoms with E-state index in [0.29, 0.717) is 5.15 Å². The first-order valence-corrected chi connectivity index (χ1v) is 6.31. The Morgan fingerprint density at radius 2 is 1.82 bits per heavy atom. The molecule has 0 amide bonds. The lowest BCUT2D eigenvalue weighted by Crippen LogP contribution is -2.25. The van der Waals surface area contributed by atoms with Gasteiger partial charge in [-0.2, -0.15) is 0 Å². The third-order valence-electron chi connectivity index (χ3n) is 2.80. The number of hydrogen-bond donors (Lipinski definition) is 0. The zero-order valence-electron chi connectivity index (χ0n) is 10.2. The lowest BCUT2D eigenvalue weighted by molar-refractivity contribution is 0.772. The van der Waals surface area contributed by atoms with Crippen molar-refractivity contribution in [2.75, 3.05) is 18.0 Å². The third-order valence-corrected chi connectivity index (χ3v) is 3.08. The Hall–Kier alpha value is -1.35. The minimum Gasteiger partial charge on any atom is -0.355 e. The van der Waals surface area contributed by atoms with Crippen LogP contribution in [0.15, 0.2) is 24.3 Å². The van der Waals surface area contributed by atoms with Crippen molar-refractivity contribution < 1.29 is 0 Å². The predicted octanol–water partition coefficient (Wildman–Crippen LogP) is 3.52. The first-order chi connectivity index (χ1) is 8.27. The molecule has 1 aromatic heterocycles. The van der Waals surface area contributed by atoms with Gasteiger partial charge in [0.25, 0.3) is 0 Å². The average Bonchev–Trinajstić information content (AvgIpc) is 2.37. The molecular weight excluding hydrogens is 234 g/mol. The zero-order chi connectivity index (χ0) is 12.3. The summed E-state index contributed by atoms with van der Waals surface area (Å²) in [6.07, 6.45) is 1.09. The van der Waals surface area contributed by atoms with E-state index in [1.807, 2.05) is 24.3 Å². The van der Waals surface area contributed by atoms with E-state index < -0.39 is 0 Å². The Morgan fingerprint density at radius 1 is 1.12 bits per heavy atom. The maximum Gasteiger partial charge on any atom is 0.159 e. The van der Waals surface area contributed by atoms with Crippen molar-refractivity contribution in [2.24, 2.45) is 0 Å². The molecule has 2 rings (SSSR count). The second-order valence-electron chi connectivity index (χ2n) is 3.94. The summed E-state index contributed by atoms with van der Waals surface area (Å²) in [5.41, 5.74) is 0. The fraction of sp³-hybridized carbons (Fsp3) is 0.385. The monoisotopic (exact) mass is 249 g/mol. The van der Waals surface area contributed by atoms with Gasteiger partial charge >= 0.3 is 0 Å². The number of halogens is 1. The van der Waals surface area contributed by atoms with Gasteiger partial charge in [-0.25, -0.2) is 0 Å². The molecule has 0 saturated carbocycles. The molecule has 0 N–H and O–H groups in total. The molecule has 0 fully saturated rings. The second-order valence-corrected chi connectivity index (χ2v) is 4.30. The lowest BCUT2D eigenvalue weighted by Gasteiger charge is -2.22. The Morgan fingerprint density at radius 3 is 2.47 bits per heavy atom. The van der Waals surface area contributed by atoms with E-state index in [4.69, 9.17) is 11.6 Å². The minimum absolute atomic E-state index is 0.469. The molecule has 0 saturated heterocycles. The van der Waals surface area contributed by atoms with Crippen molar-refractivity contribution in [2.45, 2.75) is 20.3 Å². The van der Waals surface area contributed by atoms with Gasteiger partial charge in [0, 0.05) is 23.9 Å². The van der Waals surface area contributed by atoms with Gasteiger partial charge < -0.3 is 4.90 Å². The number of aromatic nitrogens is 2. The molecule has 0 aliphatic carbocycles. The maximum atomic E-state index is 6.06. The molecule has 0 unspecified atom stereocenters. The van der Waals surface area contributed by atoms with E-state index in [1.54, 1.807) is 0 Å². The minimum atomic E-state index is 0.469. The highest BCUT2D eigenvalue weighted by molar-refractivity contribution is 6.34. The molecule has 4 heteroatoms. The Balaban J connectivity index is 2.57. The van der Waals surface area contributed by atoms with E-state index in [-0.39, 0.29) is 0 Å². The summed E-state index contributed by atoms with van der Waals surface area (Å²) in [6.45, 7) is 6.19. The molecule has 0 bridgehead atoms. The topological polar surface area (TPSA) is 29.0 Å². The Labute approximate surface area is 106 Å². The molecule has 17 heavy (non-hydrogen) atoms. The van der Waals surface area contributed by atoms with Crippen LogP contribution >= 0.6 is 11.6 Å². The first kappa shape index (κ1) is 12.1. The summed E-state index contributed by atoms with van der Waals surface area (Å²) in [6, 6.07) is 8.00. The van der Waals surface area contributed by atoms with Crippen LogP contribution in [0.5, 0.6) is 0 Å². The van der Waals surface area contributed by atoms with Gasteiger partial charge in [-0.05, 0) is 13.3 Å². The maximum absolute atomic E-state index is 6.06. The molecule has 1 heterocycles. The summed E-state index contributed by atoms with van der Waals surface area (Å²) in [5.74, 6) is 0.925. The highest BCUT2D eigenvalue weighted by atomic mass is 35.5. The van der Waals surface area contributed by atoms with Gasteiger partial charge in [-0.15, -0.1) is 10.2 Å². The molecule has 0 aliphatic heterocycles. The van der Waals surface area contributed by atoms with Crippen molar-refractivity contribution in [1.82, 2.24) is 10.2 Å².